The van der Waals surface area contributed by atoms with Crippen LogP contribution in [0.3, 0.4) is 0 Å². The summed E-state index contributed by atoms with van der Waals surface area (Å²) in [5, 5.41) is 13.7. The van der Waals surface area contributed by atoms with Crippen LogP contribution in [-0.2, 0) is 11.3 Å². The van der Waals surface area contributed by atoms with Gasteiger partial charge in [0, 0.05) is 33.7 Å². The predicted octanol–water partition coefficient (Wildman–Crippen LogP) is 6.34. The molecule has 0 saturated heterocycles. The zero-order valence-electron chi connectivity index (χ0n) is 17.3. The minimum absolute atomic E-state index is 0.0283. The second kappa shape index (κ2) is 9.09. The number of carbonyl (C=O) groups excluding carboxylic acids is 1. The highest BCUT2D eigenvalue weighted by Crippen LogP contribution is 2.29. The summed E-state index contributed by atoms with van der Waals surface area (Å²) in [6.07, 6.45) is 1.56. The lowest BCUT2D eigenvalue weighted by molar-refractivity contribution is -0.112. The zero-order valence-corrected chi connectivity index (χ0v) is 18.0. The highest BCUT2D eigenvalue weighted by Gasteiger charge is 2.17. The van der Waals surface area contributed by atoms with Crippen LogP contribution in [0.5, 0.6) is 0 Å². The summed E-state index contributed by atoms with van der Waals surface area (Å²) in [5.74, 6) is -1.22. The Balaban J connectivity index is 1.74. The Kier molecular flexibility index (Phi) is 6.07. The molecule has 1 amide bonds. The molecular weight excluding hydrogens is 425 g/mol. The number of aromatic nitrogens is 1. The van der Waals surface area contributed by atoms with Crippen molar-refractivity contribution >= 4 is 40.2 Å². The number of rotatable bonds is 5. The molecule has 4 aromatic rings. The topological polar surface area (TPSA) is 57.8 Å². The van der Waals surface area contributed by atoms with Gasteiger partial charge in [0.15, 0.2) is 0 Å². The van der Waals surface area contributed by atoms with Crippen LogP contribution in [0.15, 0.2) is 78.4 Å². The van der Waals surface area contributed by atoms with Gasteiger partial charge >= 0.3 is 0 Å². The molecule has 1 N–H and O–H groups in total. The summed E-state index contributed by atoms with van der Waals surface area (Å²) in [6, 6.07) is 23.2. The van der Waals surface area contributed by atoms with Crippen molar-refractivity contribution in [1.82, 2.24) is 4.57 Å². The summed E-state index contributed by atoms with van der Waals surface area (Å²) in [5.41, 5.74) is 3.67. The maximum atomic E-state index is 13.9. The van der Waals surface area contributed by atoms with E-state index in [1.54, 1.807) is 12.1 Å². The highest BCUT2D eigenvalue weighted by atomic mass is 35.5. The molecule has 0 aliphatic heterocycles. The van der Waals surface area contributed by atoms with Gasteiger partial charge in [0.05, 0.1) is 5.69 Å². The third kappa shape index (κ3) is 4.27. The lowest BCUT2D eigenvalue weighted by Crippen LogP contribution is -2.14. The normalized spacial score (nSPS) is 11.4. The molecular formula is C26H19ClFN3O. The van der Waals surface area contributed by atoms with Crippen LogP contribution in [0, 0.1) is 24.1 Å². The van der Waals surface area contributed by atoms with E-state index in [0.29, 0.717) is 11.6 Å². The van der Waals surface area contributed by atoms with Crippen LogP contribution in [0.4, 0.5) is 10.1 Å². The highest BCUT2D eigenvalue weighted by molar-refractivity contribution is 6.30. The molecule has 0 radical (unpaired) electrons. The first-order chi connectivity index (χ1) is 15.5. The summed E-state index contributed by atoms with van der Waals surface area (Å²) >= 11 is 6.01. The van der Waals surface area contributed by atoms with Crippen molar-refractivity contribution < 1.29 is 9.18 Å². The first kappa shape index (κ1) is 21.4. The largest absolute Gasteiger partial charge is 0.340 e. The fourth-order valence-electron chi connectivity index (χ4n) is 3.66. The molecule has 0 saturated carbocycles. The molecule has 6 heteroatoms. The maximum absolute atomic E-state index is 13.9. The van der Waals surface area contributed by atoms with Crippen LogP contribution in [0.25, 0.3) is 17.0 Å². The zero-order chi connectivity index (χ0) is 22.7. The number of nitriles is 1. The van der Waals surface area contributed by atoms with E-state index in [9.17, 15) is 14.4 Å². The molecule has 0 atom stereocenters. The van der Waals surface area contributed by atoms with Gasteiger partial charge in [-0.25, -0.2) is 4.39 Å². The number of hydrogen-bond donors (Lipinski definition) is 1. The molecule has 0 bridgehead atoms. The molecule has 3 aromatic carbocycles. The maximum Gasteiger partial charge on any atom is 0.266 e. The Morgan fingerprint density at radius 3 is 2.50 bits per heavy atom. The third-order valence-corrected chi connectivity index (χ3v) is 5.56. The van der Waals surface area contributed by atoms with Gasteiger partial charge in [-0.3, -0.25) is 4.79 Å². The van der Waals surface area contributed by atoms with Crippen molar-refractivity contribution in [3.8, 4) is 6.07 Å². The first-order valence-electron chi connectivity index (χ1n) is 9.98. The van der Waals surface area contributed by atoms with E-state index in [0.717, 1.165) is 27.7 Å². The van der Waals surface area contributed by atoms with Gasteiger partial charge in [0.2, 0.25) is 0 Å². The average Bonchev–Trinajstić information content (AvgIpc) is 3.06. The Morgan fingerprint density at radius 2 is 1.78 bits per heavy atom. The van der Waals surface area contributed by atoms with Crippen LogP contribution >= 0.6 is 11.6 Å². The number of anilines is 1. The van der Waals surface area contributed by atoms with Crippen molar-refractivity contribution in [2.75, 3.05) is 5.32 Å². The second-order valence-electron chi connectivity index (χ2n) is 7.33. The summed E-state index contributed by atoms with van der Waals surface area (Å²) < 4.78 is 16.1. The Morgan fingerprint density at radius 1 is 1.09 bits per heavy atom. The van der Waals surface area contributed by atoms with E-state index in [1.165, 1.54) is 18.2 Å². The lowest BCUT2D eigenvalue weighted by atomic mass is 10.1. The molecule has 4 nitrogen and oxygen atoms in total. The van der Waals surface area contributed by atoms with Crippen molar-refractivity contribution in [3.05, 3.63) is 106 Å². The molecule has 0 unspecified atom stereocenters. The van der Waals surface area contributed by atoms with Crippen molar-refractivity contribution in [2.24, 2.45) is 0 Å². The molecule has 0 aliphatic rings. The third-order valence-electron chi connectivity index (χ3n) is 5.31. The van der Waals surface area contributed by atoms with Gasteiger partial charge in [-0.1, -0.05) is 54.1 Å². The number of halogens is 2. The van der Waals surface area contributed by atoms with Crippen molar-refractivity contribution in [2.45, 2.75) is 13.5 Å². The number of amides is 1. The number of hydrogen-bond acceptors (Lipinski definition) is 2. The monoisotopic (exact) mass is 443 g/mol. The van der Waals surface area contributed by atoms with E-state index in [4.69, 9.17) is 11.6 Å². The number of nitrogens with zero attached hydrogens (tertiary/aromatic N) is 2. The summed E-state index contributed by atoms with van der Waals surface area (Å²) in [4.78, 5) is 12.7. The Bertz CT molecular complexity index is 1380. The summed E-state index contributed by atoms with van der Waals surface area (Å²) in [7, 11) is 0. The first-order valence-corrected chi connectivity index (χ1v) is 10.4. The van der Waals surface area contributed by atoms with Gasteiger partial charge in [0.25, 0.3) is 5.91 Å². The number of fused-ring (bicyclic) bond motifs is 1. The summed E-state index contributed by atoms with van der Waals surface area (Å²) in [6.45, 7) is 2.56. The quantitative estimate of drug-likeness (QED) is 0.289. The fraction of sp³-hybridized carbons (Fsp3) is 0.0769. The van der Waals surface area contributed by atoms with Crippen LogP contribution in [0.2, 0.25) is 5.02 Å². The van der Waals surface area contributed by atoms with Gasteiger partial charge < -0.3 is 9.88 Å². The fourth-order valence-corrected chi connectivity index (χ4v) is 3.79. The van der Waals surface area contributed by atoms with Gasteiger partial charge in [-0.15, -0.1) is 0 Å². The van der Waals surface area contributed by atoms with E-state index in [2.05, 4.69) is 9.88 Å². The van der Waals surface area contributed by atoms with Gasteiger partial charge in [-0.05, 0) is 48.9 Å². The average molecular weight is 444 g/mol. The van der Waals surface area contributed by atoms with Crippen molar-refractivity contribution in [3.63, 3.8) is 0 Å². The lowest BCUT2D eigenvalue weighted by Gasteiger charge is -2.09. The van der Waals surface area contributed by atoms with Crippen LogP contribution in [0.1, 0.15) is 16.8 Å². The Hall–Kier alpha value is -3.88. The SMILES string of the molecule is Cc1c(/C=C(\C#N)C(=O)Nc2ccccc2F)c2ccccc2n1Cc1ccc(Cl)cc1. The molecule has 0 spiro atoms. The Labute approximate surface area is 190 Å². The smallest absolute Gasteiger partial charge is 0.266 e. The van der Waals surface area contributed by atoms with E-state index in [1.807, 2.05) is 61.5 Å². The van der Waals surface area contributed by atoms with E-state index >= 15 is 0 Å². The molecule has 0 aliphatic carbocycles. The minimum atomic E-state index is -0.661. The van der Waals surface area contributed by atoms with E-state index < -0.39 is 11.7 Å². The molecule has 0 fully saturated rings. The second-order valence-corrected chi connectivity index (χ2v) is 7.77. The number of benzene rings is 3. The number of para-hydroxylation sites is 2. The molecule has 4 rings (SSSR count). The van der Waals surface area contributed by atoms with Gasteiger partial charge in [-0.2, -0.15) is 5.26 Å². The molecule has 1 aromatic heterocycles. The number of carbonyl (C=O) groups is 1. The molecule has 32 heavy (non-hydrogen) atoms. The predicted molar refractivity (Wildman–Crippen MR) is 126 cm³/mol. The van der Waals surface area contributed by atoms with Crippen molar-refractivity contribution in [1.29, 1.82) is 5.26 Å². The van der Waals surface area contributed by atoms with Gasteiger partial charge in [0.1, 0.15) is 17.5 Å². The van der Waals surface area contributed by atoms with Crippen LogP contribution in [-0.4, -0.2) is 10.5 Å². The number of nitrogens with one attached hydrogen (secondary N) is 1. The molecule has 1 heterocycles. The minimum Gasteiger partial charge on any atom is -0.340 e. The van der Waals surface area contributed by atoms with E-state index in [-0.39, 0.29) is 11.3 Å². The standard InChI is InChI=1S/C26H19ClFN3O/c1-17-22(14-19(15-29)26(32)30-24-8-4-3-7-23(24)28)21-6-2-5-9-25(21)31(17)16-18-10-12-20(27)13-11-18/h2-14H,16H2,1H3,(H,30,32)/b19-14+. The molecule has 158 valence electrons. The van der Waals surface area contributed by atoms with Crippen LogP contribution < -0.4 is 5.32 Å².